The van der Waals surface area contributed by atoms with Crippen LogP contribution in [0.5, 0.6) is 0 Å². The van der Waals surface area contributed by atoms with E-state index in [4.69, 9.17) is 23.2 Å². The van der Waals surface area contributed by atoms with Crippen molar-refractivity contribution in [3.63, 3.8) is 0 Å². The Morgan fingerprint density at radius 1 is 1.15 bits per heavy atom. The molecule has 0 unspecified atom stereocenters. The molecule has 142 valence electrons. The zero-order valence-electron chi connectivity index (χ0n) is 15.3. The van der Waals surface area contributed by atoms with Crippen molar-refractivity contribution in [3.8, 4) is 0 Å². The molecule has 2 N–H and O–H groups in total. The summed E-state index contributed by atoms with van der Waals surface area (Å²) >= 11 is 12.3. The van der Waals surface area contributed by atoms with E-state index < -0.39 is 0 Å². The van der Waals surface area contributed by atoms with Gasteiger partial charge >= 0.3 is 0 Å². The van der Waals surface area contributed by atoms with Crippen molar-refractivity contribution in [2.45, 2.75) is 6.92 Å². The second-order valence-corrected chi connectivity index (χ2v) is 7.47. The maximum Gasteiger partial charge on any atom is 0.248 e. The van der Waals surface area contributed by atoms with Gasteiger partial charge in [-0.1, -0.05) is 35.3 Å². The summed E-state index contributed by atoms with van der Waals surface area (Å²) in [5.74, 6) is -0.200. The van der Waals surface area contributed by atoms with Crippen molar-refractivity contribution < 1.29 is 9.69 Å². The van der Waals surface area contributed by atoms with E-state index in [1.165, 1.54) is 6.08 Å². The Morgan fingerprint density at radius 3 is 2.48 bits per heavy atom. The van der Waals surface area contributed by atoms with E-state index in [1.807, 2.05) is 30.3 Å². The number of nitrogens with zero attached hydrogens (tertiary/aromatic N) is 1. The Morgan fingerprint density at radius 2 is 1.85 bits per heavy atom. The third-order valence-electron chi connectivity index (χ3n) is 4.82. The van der Waals surface area contributed by atoms with Gasteiger partial charge in [-0.3, -0.25) is 4.79 Å². The van der Waals surface area contributed by atoms with Crippen molar-refractivity contribution in [1.82, 2.24) is 0 Å². The van der Waals surface area contributed by atoms with Crippen LogP contribution < -0.4 is 15.1 Å². The molecule has 1 aliphatic heterocycles. The molecular formula is C21H24Cl2N3O+. The predicted octanol–water partition coefficient (Wildman–Crippen LogP) is 3.37. The van der Waals surface area contributed by atoms with E-state index in [-0.39, 0.29) is 5.91 Å². The molecule has 1 heterocycles. The Balaban J connectivity index is 1.60. The molecule has 6 heteroatoms. The third kappa shape index (κ3) is 5.48. The number of likely N-dealkylation sites (N-methyl/N-ethyl adjacent to an activating group) is 1. The predicted molar refractivity (Wildman–Crippen MR) is 114 cm³/mol. The quantitative estimate of drug-likeness (QED) is 0.749. The number of benzene rings is 2. The first-order chi connectivity index (χ1) is 13.0. The minimum atomic E-state index is -0.200. The van der Waals surface area contributed by atoms with Crippen molar-refractivity contribution in [2.75, 3.05) is 42.9 Å². The van der Waals surface area contributed by atoms with Crippen molar-refractivity contribution in [2.24, 2.45) is 0 Å². The van der Waals surface area contributed by atoms with E-state index in [1.54, 1.807) is 23.1 Å². The lowest BCUT2D eigenvalue weighted by Gasteiger charge is -2.33. The van der Waals surface area contributed by atoms with E-state index in [0.717, 1.165) is 44.0 Å². The normalized spacial score (nSPS) is 15.3. The summed E-state index contributed by atoms with van der Waals surface area (Å²) in [6.07, 6.45) is 3.25. The van der Waals surface area contributed by atoms with Crippen LogP contribution in [0.25, 0.3) is 6.08 Å². The molecule has 0 atom stereocenters. The molecule has 1 saturated heterocycles. The second kappa shape index (κ2) is 9.27. The van der Waals surface area contributed by atoms with Gasteiger partial charge in [-0.05, 0) is 48.9 Å². The van der Waals surface area contributed by atoms with Crippen LogP contribution in [0.1, 0.15) is 12.5 Å². The Hall–Kier alpha value is -2.01. The molecule has 0 radical (unpaired) electrons. The number of anilines is 2. The van der Waals surface area contributed by atoms with Crippen molar-refractivity contribution in [3.05, 3.63) is 64.1 Å². The molecule has 0 aromatic heterocycles. The van der Waals surface area contributed by atoms with Crippen LogP contribution in [0, 0.1) is 0 Å². The van der Waals surface area contributed by atoms with E-state index >= 15 is 0 Å². The lowest BCUT2D eigenvalue weighted by molar-refractivity contribution is -0.898. The SMILES string of the molecule is CC[NH+]1CCN(c2ccc(NC(=O)/C=C\c3ccc(Cl)cc3)cc2Cl)CC1. The smallest absolute Gasteiger partial charge is 0.248 e. The Labute approximate surface area is 170 Å². The molecule has 0 spiro atoms. The van der Waals surface area contributed by atoms with E-state index in [2.05, 4.69) is 17.1 Å². The Bertz CT molecular complexity index is 813. The molecule has 1 aliphatic rings. The van der Waals surface area contributed by atoms with Crippen molar-refractivity contribution >= 4 is 46.6 Å². The molecule has 1 amide bonds. The maximum absolute atomic E-state index is 12.1. The van der Waals surface area contributed by atoms with Gasteiger partial charge in [-0.2, -0.15) is 0 Å². The summed E-state index contributed by atoms with van der Waals surface area (Å²) in [5.41, 5.74) is 2.63. The number of hydrogen-bond donors (Lipinski definition) is 2. The highest BCUT2D eigenvalue weighted by Gasteiger charge is 2.20. The van der Waals surface area contributed by atoms with Crippen LogP contribution in [0.4, 0.5) is 11.4 Å². The van der Waals surface area contributed by atoms with E-state index in [9.17, 15) is 4.79 Å². The number of nitrogens with one attached hydrogen (secondary N) is 2. The van der Waals surface area contributed by atoms with Crippen LogP contribution in [0.15, 0.2) is 48.5 Å². The van der Waals surface area contributed by atoms with Crippen LogP contribution >= 0.6 is 23.2 Å². The van der Waals surface area contributed by atoms with Gasteiger partial charge in [0.05, 0.1) is 43.4 Å². The molecule has 0 bridgehead atoms. The van der Waals surface area contributed by atoms with Crippen molar-refractivity contribution in [1.29, 1.82) is 0 Å². The summed E-state index contributed by atoms with van der Waals surface area (Å²) < 4.78 is 0. The summed E-state index contributed by atoms with van der Waals surface area (Å²) in [4.78, 5) is 16.1. The number of hydrogen-bond acceptors (Lipinski definition) is 2. The summed E-state index contributed by atoms with van der Waals surface area (Å²) in [6, 6.07) is 13.0. The van der Waals surface area contributed by atoms with Gasteiger partial charge in [0.2, 0.25) is 5.91 Å². The fourth-order valence-corrected chi connectivity index (χ4v) is 3.61. The minimum Gasteiger partial charge on any atom is -0.359 e. The van der Waals surface area contributed by atoms with Gasteiger partial charge < -0.3 is 15.1 Å². The first-order valence-electron chi connectivity index (χ1n) is 9.18. The zero-order chi connectivity index (χ0) is 19.2. The Kier molecular flexibility index (Phi) is 6.78. The molecule has 4 nitrogen and oxygen atoms in total. The molecule has 1 fully saturated rings. The fraction of sp³-hybridized carbons (Fsp3) is 0.286. The highest BCUT2D eigenvalue weighted by molar-refractivity contribution is 6.33. The molecule has 2 aromatic carbocycles. The minimum absolute atomic E-state index is 0.200. The standard InChI is InChI=1S/C21H23Cl2N3O/c1-2-25-11-13-26(14-12-25)20-9-8-18(15-19(20)23)24-21(27)10-5-16-3-6-17(22)7-4-16/h3-10,15H,2,11-14H2,1H3,(H,24,27)/p+1/b10-5-. The number of piperazine rings is 1. The molecule has 3 rings (SSSR count). The molecule has 2 aromatic rings. The molecule has 27 heavy (non-hydrogen) atoms. The van der Waals surface area contributed by atoms with Gasteiger partial charge in [0.15, 0.2) is 0 Å². The summed E-state index contributed by atoms with van der Waals surface area (Å²) in [7, 11) is 0. The fourth-order valence-electron chi connectivity index (χ4n) is 3.19. The van der Waals surface area contributed by atoms with Gasteiger partial charge in [-0.25, -0.2) is 0 Å². The van der Waals surface area contributed by atoms with Crippen LogP contribution in [-0.2, 0) is 4.79 Å². The second-order valence-electron chi connectivity index (χ2n) is 6.63. The summed E-state index contributed by atoms with van der Waals surface area (Å²) in [5, 5.41) is 4.18. The highest BCUT2D eigenvalue weighted by atomic mass is 35.5. The average Bonchev–Trinajstić information content (AvgIpc) is 2.68. The summed E-state index contributed by atoms with van der Waals surface area (Å²) in [6.45, 7) is 7.63. The molecule has 0 saturated carbocycles. The zero-order valence-corrected chi connectivity index (χ0v) is 16.9. The van der Waals surface area contributed by atoms with Gasteiger partial charge in [0.25, 0.3) is 0 Å². The number of halogens is 2. The third-order valence-corrected chi connectivity index (χ3v) is 5.38. The number of carbonyl (C=O) groups excluding carboxylic acids is 1. The number of quaternary nitrogens is 1. The molecule has 0 aliphatic carbocycles. The van der Waals surface area contributed by atoms with E-state index in [0.29, 0.717) is 15.7 Å². The van der Waals surface area contributed by atoms with Gasteiger partial charge in [-0.15, -0.1) is 0 Å². The first-order valence-corrected chi connectivity index (χ1v) is 9.93. The monoisotopic (exact) mass is 404 g/mol. The number of rotatable bonds is 5. The lowest BCUT2D eigenvalue weighted by Crippen LogP contribution is -3.14. The lowest BCUT2D eigenvalue weighted by atomic mass is 10.2. The topological polar surface area (TPSA) is 36.8 Å². The van der Waals surface area contributed by atoms with Crippen LogP contribution in [0.2, 0.25) is 10.0 Å². The number of carbonyl (C=O) groups is 1. The molecular weight excluding hydrogens is 381 g/mol. The maximum atomic E-state index is 12.1. The van der Waals surface area contributed by atoms with Crippen LogP contribution in [0.3, 0.4) is 0 Å². The van der Waals surface area contributed by atoms with Gasteiger partial charge in [0.1, 0.15) is 0 Å². The first kappa shape index (κ1) is 19.7. The average molecular weight is 405 g/mol. The number of amides is 1. The van der Waals surface area contributed by atoms with Gasteiger partial charge in [0, 0.05) is 16.8 Å². The largest absolute Gasteiger partial charge is 0.359 e. The highest BCUT2D eigenvalue weighted by Crippen LogP contribution is 2.29. The van der Waals surface area contributed by atoms with Crippen LogP contribution in [-0.4, -0.2) is 38.6 Å².